The highest BCUT2D eigenvalue weighted by molar-refractivity contribution is 6.33. The molecule has 1 N–H and O–H groups in total. The first kappa shape index (κ1) is 20.3. The fourth-order valence-electron chi connectivity index (χ4n) is 3.01. The molecule has 0 bridgehead atoms. The van der Waals surface area contributed by atoms with Gasteiger partial charge in [0.05, 0.1) is 10.7 Å². The van der Waals surface area contributed by atoms with E-state index in [2.05, 4.69) is 10.2 Å². The number of anilines is 1. The lowest BCUT2D eigenvalue weighted by atomic mass is 10.0. The minimum Gasteiger partial charge on any atom is -0.405 e. The molecule has 2 aromatic rings. The van der Waals surface area contributed by atoms with Gasteiger partial charge in [-0.05, 0) is 37.5 Å². The third-order valence-electron chi connectivity index (χ3n) is 4.31. The molecule has 9 heteroatoms. The number of carbonyl (C=O) groups excluding carboxylic acids is 1. The Labute approximate surface area is 164 Å². The van der Waals surface area contributed by atoms with Gasteiger partial charge in [-0.2, -0.15) is 0 Å². The molecular weight excluding hydrogens is 397 g/mol. The van der Waals surface area contributed by atoms with Crippen molar-refractivity contribution in [1.82, 2.24) is 4.90 Å². The Hall–Kier alpha value is -2.45. The molecule has 2 aromatic carbocycles. The molecule has 1 heterocycles. The number of halogens is 4. The first-order chi connectivity index (χ1) is 13.4. The summed E-state index contributed by atoms with van der Waals surface area (Å²) in [4.78, 5) is 18.2. The number of ether oxygens (including phenoxy) is 1. The van der Waals surface area contributed by atoms with Crippen LogP contribution < -0.4 is 10.2 Å². The normalized spacial score (nSPS) is 17.3. The summed E-state index contributed by atoms with van der Waals surface area (Å²) in [5, 5.41) is 0.225. The molecule has 3 rings (SSSR count). The Morgan fingerprint density at radius 2 is 1.93 bits per heavy atom. The van der Waals surface area contributed by atoms with E-state index in [1.807, 2.05) is 0 Å². The molecule has 1 atom stereocenters. The number of alkyl halides is 3. The second-order valence-electron chi connectivity index (χ2n) is 6.25. The summed E-state index contributed by atoms with van der Waals surface area (Å²) in [6.07, 6.45) is -1.85. The van der Waals surface area contributed by atoms with Crippen molar-refractivity contribution in [2.75, 3.05) is 12.0 Å². The predicted octanol–water partition coefficient (Wildman–Crippen LogP) is 5.22. The summed E-state index contributed by atoms with van der Waals surface area (Å²) in [6, 6.07) is 10.5. The van der Waals surface area contributed by atoms with E-state index >= 15 is 0 Å². The van der Waals surface area contributed by atoms with Crippen LogP contribution in [0.15, 0.2) is 42.5 Å². The molecule has 1 amide bonds. The van der Waals surface area contributed by atoms with E-state index in [4.69, 9.17) is 16.4 Å². The molecule has 0 aromatic heterocycles. The average Bonchev–Trinajstić information content (AvgIpc) is 2.66. The summed E-state index contributed by atoms with van der Waals surface area (Å²) >= 11 is 6.29. The molecule has 1 aliphatic heterocycles. The monoisotopic (exact) mass is 414 g/mol. The van der Waals surface area contributed by atoms with Gasteiger partial charge >= 0.3 is 6.36 Å². The number of nitrogens with zero attached hydrogens (tertiary/aromatic N) is 1. The second kappa shape index (κ2) is 8.70. The van der Waals surface area contributed by atoms with Gasteiger partial charge in [0.1, 0.15) is 5.75 Å². The Balaban J connectivity index is 1.75. The zero-order valence-corrected chi connectivity index (χ0v) is 15.5. The van der Waals surface area contributed by atoms with E-state index in [0.717, 1.165) is 19.3 Å². The molecule has 0 aliphatic carbocycles. The number of benzene rings is 2. The van der Waals surface area contributed by atoms with Gasteiger partial charge < -0.3 is 9.64 Å². The summed E-state index contributed by atoms with van der Waals surface area (Å²) in [5.74, 6) is -0.335. The Morgan fingerprint density at radius 3 is 2.64 bits per heavy atom. The molecule has 5 nitrogen and oxygen atoms in total. The molecule has 150 valence electrons. The zero-order chi connectivity index (χ0) is 20.1. The Morgan fingerprint density at radius 1 is 1.14 bits per heavy atom. The van der Waals surface area contributed by atoms with Crippen LogP contribution in [0.2, 0.25) is 5.02 Å². The van der Waals surface area contributed by atoms with Crippen LogP contribution in [0.1, 0.15) is 19.3 Å². The van der Waals surface area contributed by atoms with Crippen LogP contribution in [-0.4, -0.2) is 30.4 Å². The van der Waals surface area contributed by atoms with Crippen LogP contribution in [0.3, 0.4) is 0 Å². The van der Waals surface area contributed by atoms with Crippen molar-refractivity contribution in [1.29, 1.82) is 0 Å². The number of rotatable bonds is 6. The van der Waals surface area contributed by atoms with Gasteiger partial charge in [-0.1, -0.05) is 35.9 Å². The van der Waals surface area contributed by atoms with Crippen LogP contribution in [0.4, 0.5) is 18.9 Å². The topological polar surface area (TPSA) is 50.8 Å². The van der Waals surface area contributed by atoms with Crippen molar-refractivity contribution in [2.45, 2.75) is 31.9 Å². The number of likely N-dealkylation sites (tertiary alicyclic amines) is 1. The molecule has 1 unspecified atom stereocenters. The van der Waals surface area contributed by atoms with Gasteiger partial charge in [-0.3, -0.25) is 15.1 Å². The Kier molecular flexibility index (Phi) is 6.31. The summed E-state index contributed by atoms with van der Waals surface area (Å²) in [7, 11) is 0. The van der Waals surface area contributed by atoms with Gasteiger partial charge in [0.25, 0.3) is 0 Å². The van der Waals surface area contributed by atoms with E-state index in [0.29, 0.717) is 24.2 Å². The van der Waals surface area contributed by atoms with Crippen LogP contribution in [-0.2, 0) is 9.63 Å². The number of piperidine rings is 1. The van der Waals surface area contributed by atoms with Gasteiger partial charge in [0.2, 0.25) is 6.41 Å². The largest absolute Gasteiger partial charge is 0.573 e. The van der Waals surface area contributed by atoms with Gasteiger partial charge in [0.15, 0.2) is 6.23 Å². The van der Waals surface area contributed by atoms with Gasteiger partial charge in [-0.25, -0.2) is 0 Å². The lowest BCUT2D eigenvalue weighted by molar-refractivity contribution is -0.274. The van der Waals surface area contributed by atoms with Crippen LogP contribution in [0.25, 0.3) is 11.1 Å². The maximum absolute atomic E-state index is 12.6. The van der Waals surface area contributed by atoms with Crippen molar-refractivity contribution < 1.29 is 27.5 Å². The number of hydrogen-bond donors (Lipinski definition) is 1. The zero-order valence-electron chi connectivity index (χ0n) is 14.7. The highest BCUT2D eigenvalue weighted by atomic mass is 35.5. The first-order valence-corrected chi connectivity index (χ1v) is 9.02. The van der Waals surface area contributed by atoms with Crippen molar-refractivity contribution in [2.24, 2.45) is 0 Å². The van der Waals surface area contributed by atoms with Crippen LogP contribution in [0, 0.1) is 0 Å². The minimum atomic E-state index is -4.80. The smallest absolute Gasteiger partial charge is 0.405 e. The Bertz CT molecular complexity index is 832. The molecule has 0 spiro atoms. The molecule has 1 saturated heterocycles. The van der Waals surface area contributed by atoms with Crippen LogP contribution >= 0.6 is 11.6 Å². The molecule has 28 heavy (non-hydrogen) atoms. The maximum Gasteiger partial charge on any atom is 0.573 e. The predicted molar refractivity (Wildman–Crippen MR) is 98.7 cm³/mol. The molecular formula is C19H18ClF3N2O3. The highest BCUT2D eigenvalue weighted by Crippen LogP contribution is 2.38. The molecule has 0 radical (unpaired) electrons. The lowest BCUT2D eigenvalue weighted by Gasteiger charge is -2.32. The number of amides is 1. The first-order valence-electron chi connectivity index (χ1n) is 8.65. The molecule has 1 aliphatic rings. The number of nitrogens with one attached hydrogen (secondary N) is 1. The summed E-state index contributed by atoms with van der Waals surface area (Å²) in [5.41, 5.74) is 3.88. The summed E-state index contributed by atoms with van der Waals surface area (Å²) < 4.78 is 42.0. The number of para-hydroxylation sites is 1. The van der Waals surface area contributed by atoms with Gasteiger partial charge in [0, 0.05) is 17.7 Å². The van der Waals surface area contributed by atoms with Crippen molar-refractivity contribution >= 4 is 23.7 Å². The van der Waals surface area contributed by atoms with E-state index in [-0.39, 0.29) is 22.6 Å². The average molecular weight is 415 g/mol. The van der Waals surface area contributed by atoms with Gasteiger partial charge in [-0.15, -0.1) is 13.2 Å². The van der Waals surface area contributed by atoms with Crippen molar-refractivity contribution in [3.63, 3.8) is 0 Å². The van der Waals surface area contributed by atoms with Crippen LogP contribution in [0.5, 0.6) is 5.75 Å². The number of carbonyl (C=O) groups is 1. The number of hydrogen-bond acceptors (Lipinski definition) is 4. The fourth-order valence-corrected chi connectivity index (χ4v) is 3.29. The summed E-state index contributed by atoms with van der Waals surface area (Å²) in [6.45, 7) is 0.630. The standard InChI is InChI=1S/C19H18ClF3N2O3/c20-16-11-13(24-28-18-7-3-4-10-25(18)12-26)8-9-14(16)15-5-1-2-6-17(15)27-19(21,22)23/h1-2,5-6,8-9,11-12,18,24H,3-4,7,10H2. The lowest BCUT2D eigenvalue weighted by Crippen LogP contribution is -2.41. The second-order valence-corrected chi connectivity index (χ2v) is 6.66. The molecule has 0 saturated carbocycles. The SMILES string of the molecule is O=CN1CCCCC1ONc1ccc(-c2ccccc2OC(F)(F)F)c(Cl)c1. The quantitative estimate of drug-likeness (QED) is 0.520. The van der Waals surface area contributed by atoms with Crippen molar-refractivity contribution in [3.8, 4) is 16.9 Å². The minimum absolute atomic E-state index is 0.219. The van der Waals surface area contributed by atoms with E-state index in [1.165, 1.54) is 24.3 Å². The van der Waals surface area contributed by atoms with Crippen molar-refractivity contribution in [3.05, 3.63) is 47.5 Å². The molecule has 1 fully saturated rings. The highest BCUT2D eigenvalue weighted by Gasteiger charge is 2.32. The van der Waals surface area contributed by atoms with E-state index in [9.17, 15) is 18.0 Å². The fraction of sp³-hybridized carbons (Fsp3) is 0.316. The van der Waals surface area contributed by atoms with E-state index < -0.39 is 6.36 Å². The third kappa shape index (κ3) is 5.08. The maximum atomic E-state index is 12.6. The van der Waals surface area contributed by atoms with E-state index in [1.54, 1.807) is 23.1 Å². The third-order valence-corrected chi connectivity index (χ3v) is 4.62.